The average molecular weight is 459 g/mol. The summed E-state index contributed by atoms with van der Waals surface area (Å²) in [6, 6.07) is 18.0. The zero-order valence-electron chi connectivity index (χ0n) is 19.5. The molecule has 7 nitrogen and oxygen atoms in total. The standard InChI is InChI=1S/C27H25NO6/c1-5-33-19-12-10-17(11-13-19)14-20(27-28-21-8-6-7-9-22(21)34-27)25(29)18-15-23(30-2)26(32-4)24(16-18)31-3/h6-16H,5H2,1-4H3/b20-14+. The third-order valence-electron chi connectivity index (χ3n) is 5.20. The molecule has 4 rings (SSSR count). The molecule has 0 bridgehead atoms. The number of carbonyl (C=O) groups excluding carboxylic acids is 1. The minimum Gasteiger partial charge on any atom is -0.494 e. The van der Waals surface area contributed by atoms with E-state index in [-0.39, 0.29) is 17.2 Å². The monoisotopic (exact) mass is 459 g/mol. The Bertz CT molecular complexity index is 1280. The minimum atomic E-state index is -0.306. The zero-order chi connectivity index (χ0) is 24.1. The second kappa shape index (κ2) is 10.1. The molecule has 1 aromatic heterocycles. The molecule has 0 saturated heterocycles. The van der Waals surface area contributed by atoms with Crippen LogP contribution in [0.2, 0.25) is 0 Å². The third-order valence-corrected chi connectivity index (χ3v) is 5.20. The van der Waals surface area contributed by atoms with Crippen molar-refractivity contribution in [2.75, 3.05) is 27.9 Å². The van der Waals surface area contributed by atoms with E-state index in [4.69, 9.17) is 23.4 Å². The molecule has 0 unspecified atom stereocenters. The van der Waals surface area contributed by atoms with Gasteiger partial charge >= 0.3 is 0 Å². The summed E-state index contributed by atoms with van der Waals surface area (Å²) in [5.41, 5.74) is 2.67. The molecule has 0 atom stereocenters. The van der Waals surface area contributed by atoms with E-state index >= 15 is 0 Å². The van der Waals surface area contributed by atoms with Crippen molar-refractivity contribution >= 4 is 28.5 Å². The molecule has 0 aliphatic carbocycles. The first-order valence-corrected chi connectivity index (χ1v) is 10.7. The Kier molecular flexibility index (Phi) is 6.82. The van der Waals surface area contributed by atoms with Crippen molar-refractivity contribution in [3.63, 3.8) is 0 Å². The van der Waals surface area contributed by atoms with Crippen LogP contribution in [-0.4, -0.2) is 38.7 Å². The first kappa shape index (κ1) is 22.9. The number of ketones is 1. The Morgan fingerprint density at radius 2 is 1.62 bits per heavy atom. The van der Waals surface area contributed by atoms with Gasteiger partial charge < -0.3 is 23.4 Å². The lowest BCUT2D eigenvalue weighted by molar-refractivity contribution is 0.105. The van der Waals surface area contributed by atoms with E-state index in [1.165, 1.54) is 21.3 Å². The van der Waals surface area contributed by atoms with Crippen LogP contribution in [0.15, 0.2) is 65.1 Å². The van der Waals surface area contributed by atoms with E-state index in [0.29, 0.717) is 40.5 Å². The first-order valence-electron chi connectivity index (χ1n) is 10.7. The van der Waals surface area contributed by atoms with Crippen molar-refractivity contribution in [3.8, 4) is 23.0 Å². The van der Waals surface area contributed by atoms with Crippen LogP contribution >= 0.6 is 0 Å². The number of para-hydroxylation sites is 2. The SMILES string of the molecule is CCOc1ccc(/C=C(\C(=O)c2cc(OC)c(OC)c(OC)c2)c2nc3ccccc3o2)cc1. The van der Waals surface area contributed by atoms with Crippen molar-refractivity contribution in [1.29, 1.82) is 0 Å². The minimum absolute atomic E-state index is 0.217. The number of aromatic nitrogens is 1. The van der Waals surface area contributed by atoms with Gasteiger partial charge in [0.05, 0.1) is 33.5 Å². The summed E-state index contributed by atoms with van der Waals surface area (Å²) in [4.78, 5) is 18.3. The van der Waals surface area contributed by atoms with Gasteiger partial charge in [-0.1, -0.05) is 24.3 Å². The van der Waals surface area contributed by atoms with E-state index in [1.807, 2.05) is 55.5 Å². The largest absolute Gasteiger partial charge is 0.494 e. The summed E-state index contributed by atoms with van der Waals surface area (Å²) in [5.74, 6) is 1.82. The Labute approximate surface area is 197 Å². The molecule has 174 valence electrons. The van der Waals surface area contributed by atoms with Gasteiger partial charge in [0.1, 0.15) is 11.3 Å². The van der Waals surface area contributed by atoms with Crippen molar-refractivity contribution in [2.24, 2.45) is 0 Å². The summed E-state index contributed by atoms with van der Waals surface area (Å²) in [5, 5.41) is 0. The molecule has 3 aromatic carbocycles. The number of Topliss-reactive ketones (excluding diaryl/α,β-unsaturated/α-hetero) is 1. The van der Waals surface area contributed by atoms with Crippen molar-refractivity contribution in [2.45, 2.75) is 6.92 Å². The number of ether oxygens (including phenoxy) is 4. The molecule has 0 N–H and O–H groups in total. The maximum Gasteiger partial charge on any atom is 0.231 e. The first-order chi connectivity index (χ1) is 16.6. The lowest BCUT2D eigenvalue weighted by Crippen LogP contribution is -2.05. The topological polar surface area (TPSA) is 80.0 Å². The Hall–Kier alpha value is -4.26. The molecule has 34 heavy (non-hydrogen) atoms. The summed E-state index contributed by atoms with van der Waals surface area (Å²) < 4.78 is 27.7. The van der Waals surface area contributed by atoms with Gasteiger partial charge in [0.2, 0.25) is 11.6 Å². The van der Waals surface area contributed by atoms with Gasteiger partial charge in [-0.3, -0.25) is 4.79 Å². The number of carbonyl (C=O) groups is 1. The number of rotatable bonds is 9. The summed E-state index contributed by atoms with van der Waals surface area (Å²) in [7, 11) is 4.52. The highest BCUT2D eigenvalue weighted by Gasteiger charge is 2.24. The van der Waals surface area contributed by atoms with Crippen LogP contribution in [-0.2, 0) is 0 Å². The molecule has 0 fully saturated rings. The predicted octanol–water partition coefficient (Wildman–Crippen LogP) is 5.68. The molecule has 0 aliphatic heterocycles. The fraction of sp³-hybridized carbons (Fsp3) is 0.185. The summed E-state index contributed by atoms with van der Waals surface area (Å²) in [6.07, 6.45) is 1.74. The highest BCUT2D eigenvalue weighted by molar-refractivity contribution is 6.31. The Morgan fingerprint density at radius 1 is 0.941 bits per heavy atom. The molecule has 0 spiro atoms. The van der Waals surface area contributed by atoms with E-state index in [0.717, 1.165) is 11.3 Å². The van der Waals surface area contributed by atoms with Gasteiger partial charge in [-0.05, 0) is 55.0 Å². The van der Waals surface area contributed by atoms with Crippen LogP contribution in [0.1, 0.15) is 28.7 Å². The second-order valence-electron chi connectivity index (χ2n) is 7.29. The van der Waals surface area contributed by atoms with Gasteiger partial charge in [-0.25, -0.2) is 4.98 Å². The van der Waals surface area contributed by atoms with Crippen molar-refractivity contribution in [3.05, 3.63) is 77.7 Å². The normalized spacial score (nSPS) is 11.4. The van der Waals surface area contributed by atoms with Crippen molar-refractivity contribution in [1.82, 2.24) is 4.98 Å². The number of oxazole rings is 1. The molecule has 0 amide bonds. The summed E-state index contributed by atoms with van der Waals surface area (Å²) in [6.45, 7) is 2.50. The fourth-order valence-corrected chi connectivity index (χ4v) is 3.57. The second-order valence-corrected chi connectivity index (χ2v) is 7.29. The third kappa shape index (κ3) is 4.59. The lowest BCUT2D eigenvalue weighted by atomic mass is 9.99. The zero-order valence-corrected chi connectivity index (χ0v) is 19.5. The van der Waals surface area contributed by atoms with E-state index in [9.17, 15) is 4.79 Å². The smallest absolute Gasteiger partial charge is 0.231 e. The Morgan fingerprint density at radius 3 is 2.21 bits per heavy atom. The maximum absolute atomic E-state index is 13.8. The lowest BCUT2D eigenvalue weighted by Gasteiger charge is -2.14. The van der Waals surface area contributed by atoms with Gasteiger partial charge in [-0.15, -0.1) is 0 Å². The molecule has 0 radical (unpaired) electrons. The Balaban J connectivity index is 1.84. The van der Waals surface area contributed by atoms with Crippen LogP contribution in [0.25, 0.3) is 22.7 Å². The number of allylic oxidation sites excluding steroid dienone is 1. The highest BCUT2D eigenvalue weighted by Crippen LogP contribution is 2.39. The van der Waals surface area contributed by atoms with Crippen LogP contribution in [0.3, 0.4) is 0 Å². The van der Waals surface area contributed by atoms with Crippen LogP contribution in [0.5, 0.6) is 23.0 Å². The number of hydrogen-bond donors (Lipinski definition) is 0. The number of methoxy groups -OCH3 is 3. The van der Waals surface area contributed by atoms with Crippen LogP contribution in [0.4, 0.5) is 0 Å². The number of fused-ring (bicyclic) bond motifs is 1. The van der Waals surface area contributed by atoms with Gasteiger partial charge in [0.25, 0.3) is 0 Å². The van der Waals surface area contributed by atoms with Gasteiger partial charge in [0, 0.05) is 5.56 Å². The van der Waals surface area contributed by atoms with Gasteiger partial charge in [-0.2, -0.15) is 0 Å². The fourth-order valence-electron chi connectivity index (χ4n) is 3.57. The van der Waals surface area contributed by atoms with Crippen LogP contribution < -0.4 is 18.9 Å². The van der Waals surface area contributed by atoms with E-state index in [1.54, 1.807) is 18.2 Å². The van der Waals surface area contributed by atoms with Gasteiger partial charge in [0.15, 0.2) is 22.9 Å². The molecule has 7 heteroatoms. The molecule has 1 heterocycles. The van der Waals surface area contributed by atoms with E-state index < -0.39 is 0 Å². The number of benzene rings is 3. The van der Waals surface area contributed by atoms with E-state index in [2.05, 4.69) is 4.98 Å². The molecular weight excluding hydrogens is 434 g/mol. The molecule has 0 aliphatic rings. The maximum atomic E-state index is 13.8. The highest BCUT2D eigenvalue weighted by atomic mass is 16.5. The number of hydrogen-bond acceptors (Lipinski definition) is 7. The van der Waals surface area contributed by atoms with Crippen molar-refractivity contribution < 1.29 is 28.2 Å². The van der Waals surface area contributed by atoms with Crippen LogP contribution in [0, 0.1) is 0 Å². The molecular formula is C27H25NO6. The number of nitrogens with zero attached hydrogens (tertiary/aromatic N) is 1. The summed E-state index contributed by atoms with van der Waals surface area (Å²) >= 11 is 0. The average Bonchev–Trinajstić information content (AvgIpc) is 3.31. The predicted molar refractivity (Wildman–Crippen MR) is 130 cm³/mol. The quantitative estimate of drug-likeness (QED) is 0.235. The molecule has 4 aromatic rings. The molecule has 0 saturated carbocycles.